The summed E-state index contributed by atoms with van der Waals surface area (Å²) in [4.78, 5) is 24.6. The first kappa shape index (κ1) is 18.1. The van der Waals surface area contributed by atoms with Gasteiger partial charge in [-0.2, -0.15) is 13.2 Å². The number of urea groups is 1. The van der Waals surface area contributed by atoms with E-state index in [4.69, 9.17) is 28.9 Å². The summed E-state index contributed by atoms with van der Waals surface area (Å²) < 4.78 is 38.5. The highest BCUT2D eigenvalue weighted by Gasteiger charge is 2.33. The molecule has 3 amide bonds. The molecule has 4 nitrogen and oxygen atoms in total. The number of imide groups is 1. The summed E-state index contributed by atoms with van der Waals surface area (Å²) >= 11 is 11.8. The van der Waals surface area contributed by atoms with Gasteiger partial charge in [0, 0.05) is 0 Å². The Kier molecular flexibility index (Phi) is 5.05. The number of nitrogens with two attached hydrogens (primary N) is 1. The average Bonchev–Trinajstić information content (AvgIpc) is 2.46. The van der Waals surface area contributed by atoms with Crippen LogP contribution in [0.25, 0.3) is 0 Å². The molecule has 0 fully saturated rings. The number of carbonyl (C=O) groups excluding carboxylic acids is 2. The lowest BCUT2D eigenvalue weighted by Crippen LogP contribution is -2.41. The number of halogens is 5. The van der Waals surface area contributed by atoms with Crippen molar-refractivity contribution in [1.29, 1.82) is 0 Å². The van der Waals surface area contributed by atoms with Gasteiger partial charge >= 0.3 is 12.2 Å². The molecule has 0 aliphatic carbocycles. The van der Waals surface area contributed by atoms with Gasteiger partial charge in [0.1, 0.15) is 0 Å². The number of carbonyl (C=O) groups is 2. The molecule has 0 heterocycles. The highest BCUT2D eigenvalue weighted by atomic mass is 35.5. The maximum Gasteiger partial charge on any atom is 0.416 e. The molecule has 24 heavy (non-hydrogen) atoms. The van der Waals surface area contributed by atoms with Crippen LogP contribution < -0.4 is 10.6 Å². The summed E-state index contributed by atoms with van der Waals surface area (Å²) in [7, 11) is 0. The fourth-order valence-corrected chi connectivity index (χ4v) is 2.54. The maximum atomic E-state index is 12.8. The van der Waals surface area contributed by atoms with Crippen LogP contribution in [0.3, 0.4) is 0 Å². The zero-order valence-electron chi connectivity index (χ0n) is 11.8. The van der Waals surface area contributed by atoms with Gasteiger partial charge < -0.3 is 5.73 Å². The largest absolute Gasteiger partial charge is 0.416 e. The standard InChI is InChI=1S/C15H9Cl2F3N2O2/c16-10-5-2-6-11(17)12(10)13(23)22(14(21)24)9-4-1-3-8(7-9)15(18,19)20/h1-7H,(H2,21,24). The van der Waals surface area contributed by atoms with Crippen molar-refractivity contribution in [2.45, 2.75) is 6.18 Å². The van der Waals surface area contributed by atoms with E-state index in [2.05, 4.69) is 0 Å². The van der Waals surface area contributed by atoms with Crippen molar-refractivity contribution in [2.24, 2.45) is 5.73 Å². The Bertz CT molecular complexity index is 789. The van der Waals surface area contributed by atoms with Crippen molar-refractivity contribution in [1.82, 2.24) is 0 Å². The second-order valence-corrected chi connectivity index (χ2v) is 5.44. The zero-order chi connectivity index (χ0) is 18.1. The summed E-state index contributed by atoms with van der Waals surface area (Å²) in [5, 5.41) is -0.128. The van der Waals surface area contributed by atoms with E-state index in [1.54, 1.807) is 0 Å². The van der Waals surface area contributed by atoms with Gasteiger partial charge in [0.2, 0.25) is 0 Å². The van der Waals surface area contributed by atoms with E-state index in [1.165, 1.54) is 18.2 Å². The average molecular weight is 377 g/mol. The molecular formula is C15H9Cl2F3N2O2. The lowest BCUT2D eigenvalue weighted by Gasteiger charge is -2.21. The summed E-state index contributed by atoms with van der Waals surface area (Å²) in [6, 6.07) is 6.54. The third-order valence-corrected chi connectivity index (χ3v) is 3.66. The first-order chi connectivity index (χ1) is 11.1. The Balaban J connectivity index is 2.55. The molecule has 0 radical (unpaired) electrons. The predicted molar refractivity (Wildman–Crippen MR) is 84.3 cm³/mol. The molecule has 2 N–H and O–H groups in total. The molecule has 0 saturated heterocycles. The Labute approximate surface area is 144 Å². The van der Waals surface area contributed by atoms with E-state index in [9.17, 15) is 22.8 Å². The monoisotopic (exact) mass is 376 g/mol. The fourth-order valence-electron chi connectivity index (χ4n) is 1.98. The Hall–Kier alpha value is -2.25. The van der Waals surface area contributed by atoms with Crippen molar-refractivity contribution in [3.63, 3.8) is 0 Å². The van der Waals surface area contributed by atoms with Crippen LogP contribution in [0, 0.1) is 0 Å². The van der Waals surface area contributed by atoms with E-state index in [-0.39, 0.29) is 21.3 Å². The number of primary amides is 1. The van der Waals surface area contributed by atoms with Gasteiger partial charge in [-0.05, 0) is 30.3 Å². The molecule has 0 aliphatic heterocycles. The summed E-state index contributed by atoms with van der Waals surface area (Å²) in [5.41, 5.74) is 3.54. The van der Waals surface area contributed by atoms with Crippen LogP contribution in [0.2, 0.25) is 10.0 Å². The minimum Gasteiger partial charge on any atom is -0.351 e. The topological polar surface area (TPSA) is 63.4 Å². The van der Waals surface area contributed by atoms with E-state index in [0.717, 1.165) is 18.2 Å². The summed E-state index contributed by atoms with van der Waals surface area (Å²) in [5.74, 6) is -1.03. The van der Waals surface area contributed by atoms with Crippen LogP contribution in [-0.4, -0.2) is 11.9 Å². The first-order valence-corrected chi connectivity index (χ1v) is 7.13. The SMILES string of the molecule is NC(=O)N(C(=O)c1c(Cl)cccc1Cl)c1cccc(C(F)(F)F)c1. The van der Waals surface area contributed by atoms with Crippen molar-refractivity contribution in [3.05, 3.63) is 63.6 Å². The molecule has 0 aliphatic rings. The molecule has 0 saturated carbocycles. The zero-order valence-corrected chi connectivity index (χ0v) is 13.3. The van der Waals surface area contributed by atoms with Gasteiger partial charge in [-0.25, -0.2) is 9.69 Å². The van der Waals surface area contributed by atoms with E-state index in [1.807, 2.05) is 0 Å². The molecular weight excluding hydrogens is 368 g/mol. The van der Waals surface area contributed by atoms with Crippen LogP contribution in [-0.2, 0) is 6.18 Å². The number of alkyl halides is 3. The fraction of sp³-hybridized carbons (Fsp3) is 0.0667. The van der Waals surface area contributed by atoms with Crippen LogP contribution in [0.15, 0.2) is 42.5 Å². The molecule has 0 unspecified atom stereocenters. The minimum absolute atomic E-state index is 0.0641. The highest BCUT2D eigenvalue weighted by molar-refractivity contribution is 6.41. The van der Waals surface area contributed by atoms with E-state index >= 15 is 0 Å². The molecule has 0 atom stereocenters. The molecule has 0 aromatic heterocycles. The second kappa shape index (κ2) is 6.70. The van der Waals surface area contributed by atoms with Gasteiger partial charge in [-0.1, -0.05) is 35.3 Å². The number of anilines is 1. The van der Waals surface area contributed by atoms with Gasteiger partial charge in [0.25, 0.3) is 5.91 Å². The van der Waals surface area contributed by atoms with Crippen molar-refractivity contribution in [2.75, 3.05) is 4.90 Å². The lowest BCUT2D eigenvalue weighted by atomic mass is 10.1. The molecule has 2 rings (SSSR count). The van der Waals surface area contributed by atoms with Crippen molar-refractivity contribution >= 4 is 40.8 Å². The molecule has 0 bridgehead atoms. The Morgan fingerprint density at radius 3 is 2.04 bits per heavy atom. The maximum absolute atomic E-state index is 12.8. The van der Waals surface area contributed by atoms with E-state index in [0.29, 0.717) is 11.0 Å². The number of hydrogen-bond donors (Lipinski definition) is 1. The van der Waals surface area contributed by atoms with Gasteiger partial charge in [0.15, 0.2) is 0 Å². The van der Waals surface area contributed by atoms with Crippen LogP contribution in [0.1, 0.15) is 15.9 Å². The van der Waals surface area contributed by atoms with Crippen LogP contribution >= 0.6 is 23.2 Å². The predicted octanol–water partition coefficient (Wildman–Crippen LogP) is 4.74. The lowest BCUT2D eigenvalue weighted by molar-refractivity contribution is -0.137. The number of amides is 3. The van der Waals surface area contributed by atoms with Crippen molar-refractivity contribution < 1.29 is 22.8 Å². The van der Waals surface area contributed by atoms with Gasteiger partial charge in [0.05, 0.1) is 26.9 Å². The number of rotatable bonds is 2. The Morgan fingerprint density at radius 2 is 1.54 bits per heavy atom. The number of nitrogens with zero attached hydrogens (tertiary/aromatic N) is 1. The van der Waals surface area contributed by atoms with Crippen LogP contribution in [0.5, 0.6) is 0 Å². The quantitative estimate of drug-likeness (QED) is 0.822. The highest BCUT2D eigenvalue weighted by Crippen LogP contribution is 2.33. The smallest absolute Gasteiger partial charge is 0.351 e. The van der Waals surface area contributed by atoms with Crippen LogP contribution in [0.4, 0.5) is 23.7 Å². The van der Waals surface area contributed by atoms with E-state index < -0.39 is 23.7 Å². The molecule has 2 aromatic carbocycles. The molecule has 126 valence electrons. The molecule has 2 aromatic rings. The number of benzene rings is 2. The second-order valence-electron chi connectivity index (χ2n) is 4.62. The summed E-state index contributed by atoms with van der Waals surface area (Å²) in [6.45, 7) is 0. The third kappa shape index (κ3) is 3.63. The Morgan fingerprint density at radius 1 is 1.00 bits per heavy atom. The van der Waals surface area contributed by atoms with Gasteiger partial charge in [-0.3, -0.25) is 4.79 Å². The first-order valence-electron chi connectivity index (χ1n) is 6.38. The van der Waals surface area contributed by atoms with Crippen molar-refractivity contribution in [3.8, 4) is 0 Å². The number of hydrogen-bond acceptors (Lipinski definition) is 2. The minimum atomic E-state index is -4.65. The third-order valence-electron chi connectivity index (χ3n) is 3.03. The summed E-state index contributed by atoms with van der Waals surface area (Å²) in [6.07, 6.45) is -4.65. The molecule has 0 spiro atoms. The normalized spacial score (nSPS) is 11.2. The van der Waals surface area contributed by atoms with Gasteiger partial charge in [-0.15, -0.1) is 0 Å². The molecule has 9 heteroatoms.